The van der Waals surface area contributed by atoms with Crippen LogP contribution in [0.25, 0.3) is 0 Å². The Hall–Kier alpha value is -3.50. The summed E-state index contributed by atoms with van der Waals surface area (Å²) < 4.78 is 28.4. The number of aliphatic imine (C=N–C) groups is 1. The minimum atomic E-state index is -0.337. The van der Waals surface area contributed by atoms with E-state index in [0.29, 0.717) is 82.7 Å². The van der Waals surface area contributed by atoms with Gasteiger partial charge in [-0.05, 0) is 80.5 Å². The average Bonchev–Trinajstić information content (AvgIpc) is 3.49. The van der Waals surface area contributed by atoms with Crippen LogP contribution in [0.5, 0.6) is 11.5 Å². The normalized spacial score (nSPS) is 15.9. The standard InChI is InChI=1S/C33H44FN3O6/c1-41-20-21-43-31-14-10-28(11-15-31)32(38)6-2-3-7-33(39)35-23-27(24-37-18-16-29(25-37)36-40)22-26-8-12-30(13-9-26)42-19-5-4-17-34/h8-15,23,27,29H,2-7,16-22,24-25H2,1H3/t27?,29-/m0/s1. The van der Waals surface area contributed by atoms with Gasteiger partial charge in [0.1, 0.15) is 24.1 Å². The number of hydrogen-bond donors (Lipinski definition) is 0. The molecule has 10 heteroatoms. The first kappa shape index (κ1) is 34.0. The first-order valence-electron chi connectivity index (χ1n) is 15.1. The molecular formula is C33H44FN3O6. The predicted molar refractivity (Wildman–Crippen MR) is 165 cm³/mol. The molecule has 2 aromatic carbocycles. The highest BCUT2D eigenvalue weighted by atomic mass is 19.1. The third-order valence-electron chi connectivity index (χ3n) is 7.31. The van der Waals surface area contributed by atoms with Crippen molar-refractivity contribution in [2.45, 2.75) is 57.4 Å². The van der Waals surface area contributed by atoms with E-state index < -0.39 is 0 Å². The number of amides is 1. The van der Waals surface area contributed by atoms with Crippen LogP contribution in [0.4, 0.5) is 4.39 Å². The molecule has 1 saturated heterocycles. The number of Topliss-reactive ketones (excluding diaryl/α,β-unsaturated/α-hetero) is 1. The molecule has 1 heterocycles. The van der Waals surface area contributed by atoms with Crippen molar-refractivity contribution >= 4 is 17.9 Å². The summed E-state index contributed by atoms with van der Waals surface area (Å²) in [4.78, 5) is 42.5. The SMILES string of the molecule is COCCOc1ccc(C(=O)CCCCC(=O)N=CC(Cc2ccc(OCCCCF)cc2)CN2CC[C@H](N=O)C2)cc1. The van der Waals surface area contributed by atoms with Gasteiger partial charge in [-0.1, -0.05) is 17.3 Å². The lowest BCUT2D eigenvalue weighted by molar-refractivity contribution is -0.117. The third-order valence-corrected chi connectivity index (χ3v) is 7.31. The van der Waals surface area contributed by atoms with Gasteiger partial charge in [0.2, 0.25) is 5.91 Å². The van der Waals surface area contributed by atoms with Crippen LogP contribution in [0.2, 0.25) is 0 Å². The Bertz CT molecular complexity index is 1140. The number of ether oxygens (including phenoxy) is 3. The van der Waals surface area contributed by atoms with E-state index in [2.05, 4.69) is 15.1 Å². The number of ketones is 1. The van der Waals surface area contributed by atoms with Gasteiger partial charge >= 0.3 is 0 Å². The van der Waals surface area contributed by atoms with Crippen molar-refractivity contribution in [1.82, 2.24) is 4.90 Å². The zero-order valence-electron chi connectivity index (χ0n) is 25.1. The van der Waals surface area contributed by atoms with Crippen LogP contribution in [0.3, 0.4) is 0 Å². The molecule has 43 heavy (non-hydrogen) atoms. The number of unbranched alkanes of at least 4 members (excludes halogenated alkanes) is 2. The van der Waals surface area contributed by atoms with Crippen molar-refractivity contribution in [1.29, 1.82) is 0 Å². The van der Waals surface area contributed by atoms with Crippen molar-refractivity contribution in [3.8, 4) is 11.5 Å². The number of carbonyl (C=O) groups is 2. The Morgan fingerprint density at radius 2 is 1.65 bits per heavy atom. The summed E-state index contributed by atoms with van der Waals surface area (Å²) in [5.74, 6) is 1.23. The highest BCUT2D eigenvalue weighted by Crippen LogP contribution is 2.19. The first-order chi connectivity index (χ1) is 21.0. The van der Waals surface area contributed by atoms with Gasteiger partial charge in [0, 0.05) is 57.3 Å². The molecule has 2 aromatic rings. The summed E-state index contributed by atoms with van der Waals surface area (Å²) in [6.07, 6.45) is 6.14. The number of carbonyl (C=O) groups excluding carboxylic acids is 2. The molecule has 2 atom stereocenters. The molecule has 1 unspecified atom stereocenters. The zero-order chi connectivity index (χ0) is 30.7. The lowest BCUT2D eigenvalue weighted by Crippen LogP contribution is -2.30. The number of hydrogen-bond acceptors (Lipinski definition) is 8. The number of likely N-dealkylation sites (tertiary alicyclic amines) is 1. The van der Waals surface area contributed by atoms with Crippen molar-refractivity contribution in [3.63, 3.8) is 0 Å². The van der Waals surface area contributed by atoms with E-state index in [1.807, 2.05) is 24.3 Å². The fourth-order valence-electron chi connectivity index (χ4n) is 4.91. The maximum absolute atomic E-state index is 12.6. The molecule has 0 spiro atoms. The molecule has 1 amide bonds. The van der Waals surface area contributed by atoms with Crippen molar-refractivity contribution in [2.75, 3.05) is 53.2 Å². The maximum Gasteiger partial charge on any atom is 0.245 e. The lowest BCUT2D eigenvalue weighted by Gasteiger charge is -2.20. The molecule has 0 N–H and O–H groups in total. The number of nitrogens with zero attached hydrogens (tertiary/aromatic N) is 3. The van der Waals surface area contributed by atoms with E-state index in [9.17, 15) is 18.9 Å². The van der Waals surface area contributed by atoms with E-state index in [1.165, 1.54) is 0 Å². The van der Waals surface area contributed by atoms with Crippen LogP contribution >= 0.6 is 0 Å². The topological polar surface area (TPSA) is 107 Å². The first-order valence-corrected chi connectivity index (χ1v) is 15.1. The largest absolute Gasteiger partial charge is 0.494 e. The Morgan fingerprint density at radius 3 is 2.33 bits per heavy atom. The second-order valence-corrected chi connectivity index (χ2v) is 10.8. The van der Waals surface area contributed by atoms with Gasteiger partial charge in [0.05, 0.1) is 19.9 Å². The molecule has 1 aliphatic rings. The van der Waals surface area contributed by atoms with E-state index in [1.54, 1.807) is 37.6 Å². The highest BCUT2D eigenvalue weighted by Gasteiger charge is 2.25. The Balaban J connectivity index is 1.46. The molecule has 1 fully saturated rings. The second-order valence-electron chi connectivity index (χ2n) is 10.8. The van der Waals surface area contributed by atoms with Crippen LogP contribution in [0.15, 0.2) is 58.7 Å². The molecule has 0 saturated carbocycles. The number of benzene rings is 2. The number of methoxy groups -OCH3 is 1. The van der Waals surface area contributed by atoms with Gasteiger partial charge in [-0.15, -0.1) is 0 Å². The third kappa shape index (κ3) is 13.1. The van der Waals surface area contributed by atoms with E-state index in [0.717, 1.165) is 24.3 Å². The Morgan fingerprint density at radius 1 is 0.953 bits per heavy atom. The van der Waals surface area contributed by atoms with Crippen molar-refractivity contribution < 1.29 is 28.2 Å². The fourth-order valence-corrected chi connectivity index (χ4v) is 4.91. The Kier molecular flexibility index (Phi) is 15.5. The number of alkyl halides is 1. The van der Waals surface area contributed by atoms with Crippen LogP contribution in [-0.2, 0) is 16.0 Å². The van der Waals surface area contributed by atoms with E-state index >= 15 is 0 Å². The van der Waals surface area contributed by atoms with Crippen LogP contribution in [0.1, 0.15) is 60.9 Å². The zero-order valence-corrected chi connectivity index (χ0v) is 25.1. The molecule has 1 aliphatic heterocycles. The average molecular weight is 598 g/mol. The molecular weight excluding hydrogens is 553 g/mol. The molecule has 9 nitrogen and oxygen atoms in total. The molecule has 3 rings (SSSR count). The summed E-state index contributed by atoms with van der Waals surface area (Å²) in [6, 6.07) is 14.6. The quantitative estimate of drug-likeness (QED) is 0.0766. The predicted octanol–water partition coefficient (Wildman–Crippen LogP) is 5.88. The van der Waals surface area contributed by atoms with Crippen LogP contribution in [0, 0.1) is 10.8 Å². The molecule has 0 bridgehead atoms. The second kappa shape index (κ2) is 19.6. The van der Waals surface area contributed by atoms with Crippen molar-refractivity contribution in [3.05, 3.63) is 64.6 Å². The van der Waals surface area contributed by atoms with E-state index in [4.69, 9.17) is 14.2 Å². The lowest BCUT2D eigenvalue weighted by atomic mass is 9.99. The number of nitroso groups, excluding NO2 is 1. The molecule has 0 radical (unpaired) electrons. The monoisotopic (exact) mass is 597 g/mol. The summed E-state index contributed by atoms with van der Waals surface area (Å²) in [5, 5.41) is 3.19. The van der Waals surface area contributed by atoms with Gasteiger partial charge in [0.25, 0.3) is 0 Å². The van der Waals surface area contributed by atoms with Gasteiger partial charge < -0.3 is 19.1 Å². The smallest absolute Gasteiger partial charge is 0.245 e. The van der Waals surface area contributed by atoms with Crippen molar-refractivity contribution in [2.24, 2.45) is 16.1 Å². The fraction of sp³-hybridized carbons (Fsp3) is 0.545. The van der Waals surface area contributed by atoms with E-state index in [-0.39, 0.29) is 36.7 Å². The highest BCUT2D eigenvalue weighted by molar-refractivity contribution is 5.96. The summed E-state index contributed by atoms with van der Waals surface area (Å²) in [5.41, 5.74) is 1.70. The summed E-state index contributed by atoms with van der Waals surface area (Å²) >= 11 is 0. The molecule has 234 valence electrons. The number of rotatable bonds is 21. The number of halogens is 1. The van der Waals surface area contributed by atoms with Gasteiger partial charge in [-0.25, -0.2) is 4.99 Å². The van der Waals surface area contributed by atoms with Gasteiger partial charge in [0.15, 0.2) is 5.78 Å². The minimum absolute atomic E-state index is 0.0197. The van der Waals surface area contributed by atoms with Gasteiger partial charge in [-0.3, -0.25) is 14.0 Å². The van der Waals surface area contributed by atoms with Crippen LogP contribution in [-0.4, -0.2) is 82.1 Å². The molecule has 0 aliphatic carbocycles. The maximum atomic E-state index is 12.6. The Labute approximate surface area is 253 Å². The van der Waals surface area contributed by atoms with Gasteiger partial charge in [-0.2, -0.15) is 4.91 Å². The molecule has 0 aromatic heterocycles. The van der Waals surface area contributed by atoms with Crippen LogP contribution < -0.4 is 9.47 Å². The summed E-state index contributed by atoms with van der Waals surface area (Å²) in [6.45, 7) is 3.17. The summed E-state index contributed by atoms with van der Waals surface area (Å²) in [7, 11) is 1.61. The minimum Gasteiger partial charge on any atom is -0.494 e.